The SMILES string of the molecule is COC(=O)c1onc(C)c1C(OC)OC. The summed E-state index contributed by atoms with van der Waals surface area (Å²) in [4.78, 5) is 11.3. The van der Waals surface area contributed by atoms with Crippen molar-refractivity contribution in [3.05, 3.63) is 17.0 Å². The molecular formula is C9H13NO5. The summed E-state index contributed by atoms with van der Waals surface area (Å²) in [5, 5.41) is 3.67. The molecule has 1 aromatic heterocycles. The summed E-state index contributed by atoms with van der Waals surface area (Å²) in [5.74, 6) is -0.603. The van der Waals surface area contributed by atoms with Gasteiger partial charge >= 0.3 is 5.97 Å². The van der Waals surface area contributed by atoms with Crippen molar-refractivity contribution in [1.82, 2.24) is 5.16 Å². The highest BCUT2D eigenvalue weighted by Gasteiger charge is 2.27. The lowest BCUT2D eigenvalue weighted by atomic mass is 10.2. The Morgan fingerprint density at radius 3 is 2.40 bits per heavy atom. The van der Waals surface area contributed by atoms with Crippen molar-refractivity contribution in [2.75, 3.05) is 21.3 Å². The van der Waals surface area contributed by atoms with Crippen molar-refractivity contribution < 1.29 is 23.5 Å². The molecule has 0 unspecified atom stereocenters. The maximum atomic E-state index is 11.3. The number of carbonyl (C=O) groups excluding carboxylic acids is 1. The number of carbonyl (C=O) groups is 1. The number of methoxy groups -OCH3 is 3. The average molecular weight is 215 g/mol. The van der Waals surface area contributed by atoms with Gasteiger partial charge in [0, 0.05) is 14.2 Å². The lowest BCUT2D eigenvalue weighted by Crippen LogP contribution is -2.11. The first-order chi connectivity index (χ1) is 7.15. The van der Waals surface area contributed by atoms with E-state index in [0.717, 1.165) is 0 Å². The maximum absolute atomic E-state index is 11.3. The van der Waals surface area contributed by atoms with E-state index < -0.39 is 12.3 Å². The van der Waals surface area contributed by atoms with Gasteiger partial charge < -0.3 is 18.7 Å². The zero-order valence-electron chi connectivity index (χ0n) is 9.07. The van der Waals surface area contributed by atoms with Crippen LogP contribution in [0.15, 0.2) is 4.52 Å². The van der Waals surface area contributed by atoms with Gasteiger partial charge in [0.25, 0.3) is 5.76 Å². The molecule has 6 nitrogen and oxygen atoms in total. The van der Waals surface area contributed by atoms with Gasteiger partial charge in [-0.1, -0.05) is 5.16 Å². The van der Waals surface area contributed by atoms with Gasteiger partial charge in [-0.25, -0.2) is 4.79 Å². The Morgan fingerprint density at radius 2 is 1.93 bits per heavy atom. The molecule has 0 saturated carbocycles. The van der Waals surface area contributed by atoms with Gasteiger partial charge in [-0.15, -0.1) is 0 Å². The Balaban J connectivity index is 3.13. The molecule has 1 aromatic rings. The third-order valence-electron chi connectivity index (χ3n) is 1.94. The number of hydrogen-bond acceptors (Lipinski definition) is 6. The first-order valence-electron chi connectivity index (χ1n) is 4.25. The molecule has 15 heavy (non-hydrogen) atoms. The largest absolute Gasteiger partial charge is 0.463 e. The van der Waals surface area contributed by atoms with Crippen LogP contribution in [0, 0.1) is 6.92 Å². The lowest BCUT2D eigenvalue weighted by Gasteiger charge is -2.12. The fourth-order valence-corrected chi connectivity index (χ4v) is 1.23. The molecule has 0 aliphatic heterocycles. The second kappa shape index (κ2) is 4.90. The van der Waals surface area contributed by atoms with Gasteiger partial charge in [0.2, 0.25) is 0 Å². The van der Waals surface area contributed by atoms with E-state index in [2.05, 4.69) is 9.89 Å². The van der Waals surface area contributed by atoms with Crippen LogP contribution in [0.25, 0.3) is 0 Å². The monoisotopic (exact) mass is 215 g/mol. The third-order valence-corrected chi connectivity index (χ3v) is 1.94. The smallest absolute Gasteiger partial charge is 0.377 e. The summed E-state index contributed by atoms with van der Waals surface area (Å²) in [6.45, 7) is 1.69. The predicted octanol–water partition coefficient (Wildman–Crippen LogP) is 1.06. The number of aryl methyl sites for hydroxylation is 1. The van der Waals surface area contributed by atoms with E-state index in [4.69, 9.17) is 14.0 Å². The first kappa shape index (κ1) is 11.7. The van der Waals surface area contributed by atoms with Crippen molar-refractivity contribution in [3.8, 4) is 0 Å². The summed E-state index contributed by atoms with van der Waals surface area (Å²) < 4.78 is 19.5. The van der Waals surface area contributed by atoms with E-state index in [1.165, 1.54) is 21.3 Å². The molecule has 1 heterocycles. The summed E-state index contributed by atoms with van der Waals surface area (Å²) in [7, 11) is 4.18. The normalized spacial score (nSPS) is 10.7. The van der Waals surface area contributed by atoms with Crippen LogP contribution in [0.2, 0.25) is 0 Å². The molecule has 0 atom stereocenters. The summed E-state index contributed by atoms with van der Waals surface area (Å²) in [6, 6.07) is 0. The van der Waals surface area contributed by atoms with Crippen LogP contribution in [-0.4, -0.2) is 32.5 Å². The number of hydrogen-bond donors (Lipinski definition) is 0. The number of esters is 1. The molecule has 0 aliphatic carbocycles. The summed E-state index contributed by atoms with van der Waals surface area (Å²) in [5.41, 5.74) is 0.982. The molecule has 0 fully saturated rings. The van der Waals surface area contributed by atoms with Crippen molar-refractivity contribution in [2.24, 2.45) is 0 Å². The first-order valence-corrected chi connectivity index (χ1v) is 4.25. The Morgan fingerprint density at radius 1 is 1.33 bits per heavy atom. The molecule has 0 bridgehead atoms. The van der Waals surface area contributed by atoms with Gasteiger partial charge in [-0.2, -0.15) is 0 Å². The lowest BCUT2D eigenvalue weighted by molar-refractivity contribution is -0.107. The second-order valence-electron chi connectivity index (χ2n) is 2.81. The van der Waals surface area contributed by atoms with Crippen LogP contribution < -0.4 is 0 Å². The predicted molar refractivity (Wildman–Crippen MR) is 49.3 cm³/mol. The number of rotatable bonds is 4. The van der Waals surface area contributed by atoms with Crippen molar-refractivity contribution in [2.45, 2.75) is 13.2 Å². The molecule has 0 aromatic carbocycles. The van der Waals surface area contributed by atoms with Crippen LogP contribution >= 0.6 is 0 Å². The van der Waals surface area contributed by atoms with E-state index in [1.807, 2.05) is 0 Å². The van der Waals surface area contributed by atoms with E-state index in [0.29, 0.717) is 11.3 Å². The summed E-state index contributed by atoms with van der Waals surface area (Å²) >= 11 is 0. The highest BCUT2D eigenvalue weighted by atomic mass is 16.7. The maximum Gasteiger partial charge on any atom is 0.377 e. The number of nitrogens with zero attached hydrogens (tertiary/aromatic N) is 1. The second-order valence-corrected chi connectivity index (χ2v) is 2.81. The Bertz CT molecular complexity index is 342. The molecule has 6 heteroatoms. The van der Waals surface area contributed by atoms with Gasteiger partial charge in [0.15, 0.2) is 6.29 Å². The molecule has 0 amide bonds. The van der Waals surface area contributed by atoms with Crippen molar-refractivity contribution in [3.63, 3.8) is 0 Å². The number of ether oxygens (including phenoxy) is 3. The molecule has 1 rings (SSSR count). The Hall–Kier alpha value is -1.40. The molecule has 84 valence electrons. The standard InChI is InChI=1S/C9H13NO5/c1-5-6(9(13-3)14-4)7(15-10-5)8(11)12-2/h9H,1-4H3. The van der Waals surface area contributed by atoms with Crippen LogP contribution in [0.4, 0.5) is 0 Å². The highest BCUT2D eigenvalue weighted by molar-refractivity contribution is 5.88. The molecule has 0 radical (unpaired) electrons. The molecule has 0 N–H and O–H groups in total. The van der Waals surface area contributed by atoms with E-state index in [-0.39, 0.29) is 5.76 Å². The molecule has 0 saturated heterocycles. The molecular weight excluding hydrogens is 202 g/mol. The quantitative estimate of drug-likeness (QED) is 0.552. The summed E-state index contributed by atoms with van der Waals surface area (Å²) in [6.07, 6.45) is -0.689. The average Bonchev–Trinajstić information content (AvgIpc) is 2.62. The van der Waals surface area contributed by atoms with Crippen LogP contribution in [0.3, 0.4) is 0 Å². The highest BCUT2D eigenvalue weighted by Crippen LogP contribution is 2.25. The van der Waals surface area contributed by atoms with E-state index >= 15 is 0 Å². The van der Waals surface area contributed by atoms with E-state index in [9.17, 15) is 4.79 Å². The fraction of sp³-hybridized carbons (Fsp3) is 0.556. The van der Waals surface area contributed by atoms with Crippen LogP contribution in [0.5, 0.6) is 0 Å². The van der Waals surface area contributed by atoms with Crippen LogP contribution in [-0.2, 0) is 14.2 Å². The van der Waals surface area contributed by atoms with Gasteiger partial charge in [-0.3, -0.25) is 0 Å². The molecule has 0 aliphatic rings. The topological polar surface area (TPSA) is 70.8 Å². The minimum absolute atomic E-state index is 0.00343. The van der Waals surface area contributed by atoms with Gasteiger partial charge in [-0.05, 0) is 6.92 Å². The van der Waals surface area contributed by atoms with Crippen molar-refractivity contribution >= 4 is 5.97 Å². The minimum atomic E-state index is -0.689. The zero-order chi connectivity index (χ0) is 11.4. The number of aromatic nitrogens is 1. The fourth-order valence-electron chi connectivity index (χ4n) is 1.23. The van der Waals surface area contributed by atoms with Gasteiger partial charge in [0.1, 0.15) is 0 Å². The molecule has 0 spiro atoms. The van der Waals surface area contributed by atoms with Crippen molar-refractivity contribution in [1.29, 1.82) is 0 Å². The minimum Gasteiger partial charge on any atom is -0.463 e. The zero-order valence-corrected chi connectivity index (χ0v) is 9.07. The van der Waals surface area contributed by atoms with E-state index in [1.54, 1.807) is 6.92 Å². The third kappa shape index (κ3) is 2.16. The Kier molecular flexibility index (Phi) is 3.81. The Labute approximate surface area is 87.1 Å². The van der Waals surface area contributed by atoms with Gasteiger partial charge in [0.05, 0.1) is 18.4 Å². The van der Waals surface area contributed by atoms with Crippen LogP contribution in [0.1, 0.15) is 28.1 Å².